The molecular weight excluding hydrogens is 264 g/mol. The fraction of sp³-hybridized carbons (Fsp3) is 0.143. The number of nitrogen functional groups attached to an aromatic ring is 1. The molecule has 0 saturated heterocycles. The Labute approximate surface area is 117 Å². The quantitative estimate of drug-likeness (QED) is 0.838. The second-order valence-electron chi connectivity index (χ2n) is 3.92. The molecule has 2 aromatic rings. The number of ether oxygens (including phenoxy) is 2. The summed E-state index contributed by atoms with van der Waals surface area (Å²) in [7, 11) is 3.20. The van der Waals surface area contributed by atoms with Gasteiger partial charge in [-0.15, -0.1) is 0 Å². The van der Waals surface area contributed by atoms with Crippen molar-refractivity contribution in [3.8, 4) is 11.5 Å². The first-order valence-corrected chi connectivity index (χ1v) is 6.06. The lowest BCUT2D eigenvalue weighted by Gasteiger charge is -2.14. The van der Waals surface area contributed by atoms with E-state index >= 15 is 0 Å². The van der Waals surface area contributed by atoms with Crippen LogP contribution in [0.15, 0.2) is 36.4 Å². The lowest BCUT2D eigenvalue weighted by Crippen LogP contribution is -1.99. The maximum atomic E-state index is 5.98. The molecule has 100 valence electrons. The third-order valence-corrected chi connectivity index (χ3v) is 2.92. The molecule has 4 nitrogen and oxygen atoms in total. The summed E-state index contributed by atoms with van der Waals surface area (Å²) in [4.78, 5) is 0. The zero-order valence-electron chi connectivity index (χ0n) is 10.7. The average molecular weight is 279 g/mol. The highest BCUT2D eigenvalue weighted by Crippen LogP contribution is 2.33. The van der Waals surface area contributed by atoms with Gasteiger partial charge in [-0.3, -0.25) is 0 Å². The maximum Gasteiger partial charge on any atom is 0.142 e. The van der Waals surface area contributed by atoms with Crippen LogP contribution in [0.2, 0.25) is 5.02 Å². The largest absolute Gasteiger partial charge is 0.497 e. The van der Waals surface area contributed by atoms with E-state index in [1.54, 1.807) is 38.5 Å². The predicted octanol–water partition coefficient (Wildman–Crippen LogP) is 3.68. The summed E-state index contributed by atoms with van der Waals surface area (Å²) < 4.78 is 10.4. The van der Waals surface area contributed by atoms with E-state index in [9.17, 15) is 0 Å². The van der Waals surface area contributed by atoms with Crippen LogP contribution in [0.3, 0.4) is 0 Å². The van der Waals surface area contributed by atoms with E-state index in [2.05, 4.69) is 5.32 Å². The Bertz CT molecular complexity index is 588. The molecule has 19 heavy (non-hydrogen) atoms. The van der Waals surface area contributed by atoms with E-state index in [4.69, 9.17) is 26.8 Å². The van der Waals surface area contributed by atoms with E-state index in [-0.39, 0.29) is 0 Å². The van der Waals surface area contributed by atoms with Crippen molar-refractivity contribution in [3.05, 3.63) is 41.4 Å². The van der Waals surface area contributed by atoms with Gasteiger partial charge < -0.3 is 20.5 Å². The molecule has 0 heterocycles. The first-order chi connectivity index (χ1) is 9.13. The van der Waals surface area contributed by atoms with Gasteiger partial charge in [0.1, 0.15) is 11.5 Å². The molecule has 0 aromatic heterocycles. The van der Waals surface area contributed by atoms with Gasteiger partial charge in [0.15, 0.2) is 0 Å². The molecule has 0 atom stereocenters. The molecule has 0 bridgehead atoms. The Kier molecular flexibility index (Phi) is 4.02. The molecule has 0 aliphatic rings. The second-order valence-corrected chi connectivity index (χ2v) is 4.36. The summed E-state index contributed by atoms with van der Waals surface area (Å²) in [6.07, 6.45) is 0. The number of rotatable bonds is 4. The number of halogens is 1. The van der Waals surface area contributed by atoms with E-state index < -0.39 is 0 Å². The summed E-state index contributed by atoms with van der Waals surface area (Å²) in [6.45, 7) is 0. The van der Waals surface area contributed by atoms with Gasteiger partial charge in [0.05, 0.1) is 31.3 Å². The van der Waals surface area contributed by atoms with Crippen molar-refractivity contribution >= 4 is 28.7 Å². The van der Waals surface area contributed by atoms with Gasteiger partial charge >= 0.3 is 0 Å². The third-order valence-electron chi connectivity index (χ3n) is 2.69. The number of hydrogen-bond donors (Lipinski definition) is 2. The molecule has 0 aliphatic carbocycles. The number of nitrogens with two attached hydrogens (primary N) is 1. The van der Waals surface area contributed by atoms with Gasteiger partial charge in [-0.2, -0.15) is 0 Å². The van der Waals surface area contributed by atoms with Crippen molar-refractivity contribution in [2.45, 2.75) is 0 Å². The first kappa shape index (κ1) is 13.4. The van der Waals surface area contributed by atoms with Gasteiger partial charge in [-0.25, -0.2) is 0 Å². The lowest BCUT2D eigenvalue weighted by atomic mass is 10.2. The molecule has 0 aliphatic heterocycles. The molecule has 3 N–H and O–H groups in total. The van der Waals surface area contributed by atoms with Crippen molar-refractivity contribution < 1.29 is 9.47 Å². The van der Waals surface area contributed by atoms with Crippen molar-refractivity contribution in [1.29, 1.82) is 0 Å². The Morgan fingerprint density at radius 2 is 1.79 bits per heavy atom. The van der Waals surface area contributed by atoms with Crippen LogP contribution in [-0.2, 0) is 0 Å². The van der Waals surface area contributed by atoms with Crippen molar-refractivity contribution in [2.24, 2.45) is 0 Å². The Morgan fingerprint density at radius 3 is 2.42 bits per heavy atom. The van der Waals surface area contributed by atoms with Crippen LogP contribution >= 0.6 is 11.6 Å². The van der Waals surface area contributed by atoms with Gasteiger partial charge in [0, 0.05) is 11.1 Å². The van der Waals surface area contributed by atoms with Gasteiger partial charge in [0.2, 0.25) is 0 Å². The third kappa shape index (κ3) is 3.03. The minimum Gasteiger partial charge on any atom is -0.497 e. The van der Waals surface area contributed by atoms with Crippen LogP contribution in [0.5, 0.6) is 11.5 Å². The monoisotopic (exact) mass is 278 g/mol. The Hall–Kier alpha value is -2.07. The summed E-state index contributed by atoms with van der Waals surface area (Å²) in [6, 6.07) is 10.8. The molecule has 2 aromatic carbocycles. The number of hydrogen-bond acceptors (Lipinski definition) is 4. The number of anilines is 3. The minimum atomic E-state index is 0.585. The number of benzene rings is 2. The predicted molar refractivity (Wildman–Crippen MR) is 78.7 cm³/mol. The summed E-state index contributed by atoms with van der Waals surface area (Å²) in [5.74, 6) is 1.40. The standard InChI is InChI=1S/C14H15ClN2O2/c1-18-10-4-5-12(11(16)8-10)17-13-7-9(15)3-6-14(13)19-2/h3-8,17H,16H2,1-2H3. The van der Waals surface area contributed by atoms with Crippen LogP contribution in [0, 0.1) is 0 Å². The molecule has 5 heteroatoms. The summed E-state index contributed by atoms with van der Waals surface area (Å²) >= 11 is 5.98. The highest BCUT2D eigenvalue weighted by molar-refractivity contribution is 6.31. The van der Waals surface area contributed by atoms with Gasteiger partial charge in [-0.05, 0) is 30.3 Å². The van der Waals surface area contributed by atoms with Gasteiger partial charge in [-0.1, -0.05) is 11.6 Å². The zero-order chi connectivity index (χ0) is 13.8. The molecule has 0 amide bonds. The number of methoxy groups -OCH3 is 2. The van der Waals surface area contributed by atoms with Crippen molar-refractivity contribution in [2.75, 3.05) is 25.3 Å². The molecule has 0 fully saturated rings. The van der Waals surface area contributed by atoms with Crippen LogP contribution < -0.4 is 20.5 Å². The minimum absolute atomic E-state index is 0.585. The Balaban J connectivity index is 2.33. The fourth-order valence-electron chi connectivity index (χ4n) is 1.70. The zero-order valence-corrected chi connectivity index (χ0v) is 11.5. The SMILES string of the molecule is COc1ccc(Nc2cc(Cl)ccc2OC)c(N)c1. The fourth-order valence-corrected chi connectivity index (χ4v) is 1.88. The molecule has 0 spiro atoms. The van der Waals surface area contributed by atoms with E-state index in [1.807, 2.05) is 12.1 Å². The van der Waals surface area contributed by atoms with Crippen LogP contribution in [0.25, 0.3) is 0 Å². The highest BCUT2D eigenvalue weighted by Gasteiger charge is 2.07. The van der Waals surface area contributed by atoms with Crippen molar-refractivity contribution in [3.63, 3.8) is 0 Å². The van der Waals surface area contributed by atoms with E-state index in [0.717, 1.165) is 11.4 Å². The average Bonchev–Trinajstić information content (AvgIpc) is 2.41. The van der Waals surface area contributed by atoms with Gasteiger partial charge in [0.25, 0.3) is 0 Å². The number of nitrogens with one attached hydrogen (secondary N) is 1. The van der Waals surface area contributed by atoms with E-state index in [1.165, 1.54) is 0 Å². The van der Waals surface area contributed by atoms with Crippen LogP contribution in [0.1, 0.15) is 0 Å². The second kappa shape index (κ2) is 5.71. The first-order valence-electron chi connectivity index (χ1n) is 5.68. The van der Waals surface area contributed by atoms with Crippen LogP contribution in [-0.4, -0.2) is 14.2 Å². The highest BCUT2D eigenvalue weighted by atomic mass is 35.5. The molecule has 0 saturated carbocycles. The molecule has 2 rings (SSSR count). The maximum absolute atomic E-state index is 5.98. The summed E-state index contributed by atoms with van der Waals surface area (Å²) in [5.41, 5.74) is 8.06. The molecule has 0 radical (unpaired) electrons. The summed E-state index contributed by atoms with van der Waals surface area (Å²) in [5, 5.41) is 3.81. The normalized spacial score (nSPS) is 10.1. The van der Waals surface area contributed by atoms with Crippen molar-refractivity contribution in [1.82, 2.24) is 0 Å². The lowest BCUT2D eigenvalue weighted by molar-refractivity contribution is 0.415. The molecule has 0 unspecified atom stereocenters. The Morgan fingerprint density at radius 1 is 1.00 bits per heavy atom. The van der Waals surface area contributed by atoms with Crippen LogP contribution in [0.4, 0.5) is 17.1 Å². The van der Waals surface area contributed by atoms with E-state index in [0.29, 0.717) is 22.2 Å². The smallest absolute Gasteiger partial charge is 0.142 e. The topological polar surface area (TPSA) is 56.5 Å². The molecular formula is C14H15ClN2O2.